The Morgan fingerprint density at radius 2 is 2.10 bits per heavy atom. The Labute approximate surface area is 134 Å². The number of methoxy groups -OCH3 is 1. The SMILES string of the molecule is COc1ccc(S(=O)(=O)NNC(=O)c2cccs2)cc1Br. The summed E-state index contributed by atoms with van der Waals surface area (Å²) in [6.07, 6.45) is 0. The number of benzene rings is 1. The number of carbonyl (C=O) groups is 1. The molecule has 2 rings (SSSR count). The lowest BCUT2D eigenvalue weighted by atomic mass is 10.3. The second-order valence-corrected chi connectivity index (χ2v) is 7.32. The molecule has 0 bridgehead atoms. The van der Waals surface area contributed by atoms with Crippen LogP contribution in [0.25, 0.3) is 0 Å². The molecule has 1 amide bonds. The minimum absolute atomic E-state index is 0.00153. The van der Waals surface area contributed by atoms with Crippen molar-refractivity contribution in [2.45, 2.75) is 4.90 Å². The Morgan fingerprint density at radius 3 is 2.67 bits per heavy atom. The molecule has 1 heterocycles. The molecule has 0 saturated carbocycles. The number of carbonyl (C=O) groups excluding carboxylic acids is 1. The van der Waals surface area contributed by atoms with E-state index in [9.17, 15) is 13.2 Å². The van der Waals surface area contributed by atoms with Crippen molar-refractivity contribution in [2.75, 3.05) is 7.11 Å². The Kier molecular flexibility index (Phi) is 4.99. The highest BCUT2D eigenvalue weighted by Crippen LogP contribution is 2.27. The van der Waals surface area contributed by atoms with E-state index in [1.165, 1.54) is 36.6 Å². The van der Waals surface area contributed by atoms with Gasteiger partial charge in [-0.25, -0.2) is 8.42 Å². The lowest BCUT2D eigenvalue weighted by molar-refractivity contribution is 0.0949. The van der Waals surface area contributed by atoms with E-state index in [2.05, 4.69) is 21.4 Å². The fraction of sp³-hybridized carbons (Fsp3) is 0.0833. The van der Waals surface area contributed by atoms with Crippen LogP contribution < -0.4 is 15.0 Å². The predicted octanol–water partition coefficient (Wildman–Crippen LogP) is 2.14. The summed E-state index contributed by atoms with van der Waals surface area (Å²) in [5.41, 5.74) is 2.16. The molecular formula is C12H11BrN2O4S2. The number of hydrazine groups is 1. The van der Waals surface area contributed by atoms with Gasteiger partial charge in [0.2, 0.25) is 0 Å². The van der Waals surface area contributed by atoms with Crippen molar-refractivity contribution in [2.24, 2.45) is 0 Å². The molecule has 2 aromatic rings. The third-order valence-corrected chi connectivity index (χ3v) is 5.21. The molecule has 0 unspecified atom stereocenters. The van der Waals surface area contributed by atoms with Gasteiger partial charge in [-0.15, -0.1) is 16.2 Å². The normalized spacial score (nSPS) is 11.1. The van der Waals surface area contributed by atoms with Crippen LogP contribution in [0.3, 0.4) is 0 Å². The number of halogens is 1. The number of thiophene rings is 1. The molecule has 112 valence electrons. The Bertz CT molecular complexity index is 745. The van der Waals surface area contributed by atoms with Crippen molar-refractivity contribution in [3.8, 4) is 5.75 Å². The quantitative estimate of drug-likeness (QED) is 0.765. The van der Waals surface area contributed by atoms with E-state index >= 15 is 0 Å². The summed E-state index contributed by atoms with van der Waals surface area (Å²) in [6, 6.07) is 7.58. The summed E-state index contributed by atoms with van der Waals surface area (Å²) in [5.74, 6) is -0.00211. The molecule has 6 nitrogen and oxygen atoms in total. The first-order valence-corrected chi connectivity index (χ1v) is 8.79. The minimum Gasteiger partial charge on any atom is -0.496 e. The van der Waals surface area contributed by atoms with Crippen molar-refractivity contribution < 1.29 is 17.9 Å². The minimum atomic E-state index is -3.86. The summed E-state index contributed by atoms with van der Waals surface area (Å²) in [4.78, 5) is 14.2. The zero-order chi connectivity index (χ0) is 15.5. The van der Waals surface area contributed by atoms with Crippen molar-refractivity contribution >= 4 is 43.2 Å². The second kappa shape index (κ2) is 6.56. The van der Waals surface area contributed by atoms with Crippen LogP contribution in [-0.2, 0) is 10.0 Å². The summed E-state index contributed by atoms with van der Waals surface area (Å²) < 4.78 is 29.7. The van der Waals surface area contributed by atoms with Crippen LogP contribution in [-0.4, -0.2) is 21.4 Å². The Hall–Kier alpha value is -1.42. The molecule has 2 N–H and O–H groups in total. The van der Waals surface area contributed by atoms with E-state index in [1.54, 1.807) is 17.5 Å². The van der Waals surface area contributed by atoms with E-state index in [4.69, 9.17) is 4.74 Å². The van der Waals surface area contributed by atoms with Gasteiger partial charge < -0.3 is 4.74 Å². The molecule has 0 saturated heterocycles. The van der Waals surface area contributed by atoms with Gasteiger partial charge in [-0.1, -0.05) is 6.07 Å². The van der Waals surface area contributed by atoms with E-state index in [1.807, 2.05) is 4.83 Å². The number of ether oxygens (including phenoxy) is 1. The van der Waals surface area contributed by atoms with Gasteiger partial charge in [-0.05, 0) is 45.6 Å². The Balaban J connectivity index is 2.12. The number of rotatable bonds is 5. The van der Waals surface area contributed by atoms with Crippen LogP contribution in [0.4, 0.5) is 0 Å². The highest BCUT2D eigenvalue weighted by molar-refractivity contribution is 9.10. The average Bonchev–Trinajstić information content (AvgIpc) is 2.99. The number of nitrogens with one attached hydrogen (secondary N) is 2. The summed E-state index contributed by atoms with van der Waals surface area (Å²) in [6.45, 7) is 0. The smallest absolute Gasteiger partial charge is 0.276 e. The molecule has 0 atom stereocenters. The van der Waals surface area contributed by atoms with Crippen LogP contribution in [0.2, 0.25) is 0 Å². The molecule has 0 fully saturated rings. The Morgan fingerprint density at radius 1 is 1.33 bits per heavy atom. The van der Waals surface area contributed by atoms with Gasteiger partial charge in [0.05, 0.1) is 21.4 Å². The summed E-state index contributed by atoms with van der Waals surface area (Å²) in [5, 5.41) is 1.73. The molecular weight excluding hydrogens is 380 g/mol. The van der Waals surface area contributed by atoms with Crippen LogP contribution in [0.15, 0.2) is 45.1 Å². The molecule has 1 aromatic heterocycles. The fourth-order valence-corrected chi connectivity index (χ4v) is 3.63. The molecule has 0 aliphatic heterocycles. The topological polar surface area (TPSA) is 84.5 Å². The lowest BCUT2D eigenvalue weighted by Crippen LogP contribution is -2.41. The standard InChI is InChI=1S/C12H11BrN2O4S2/c1-19-10-5-4-8(7-9(10)13)21(17,18)15-14-12(16)11-3-2-6-20-11/h2-7,15H,1H3,(H,14,16). The van der Waals surface area contributed by atoms with Gasteiger partial charge in [0, 0.05) is 0 Å². The van der Waals surface area contributed by atoms with Crippen molar-refractivity contribution in [1.82, 2.24) is 10.3 Å². The van der Waals surface area contributed by atoms with Crippen LogP contribution in [0, 0.1) is 0 Å². The van der Waals surface area contributed by atoms with Gasteiger partial charge >= 0.3 is 0 Å². The maximum Gasteiger partial charge on any atom is 0.276 e. The van der Waals surface area contributed by atoms with E-state index in [-0.39, 0.29) is 4.90 Å². The molecule has 21 heavy (non-hydrogen) atoms. The van der Waals surface area contributed by atoms with E-state index in [0.29, 0.717) is 15.1 Å². The van der Waals surface area contributed by atoms with Crippen LogP contribution in [0.1, 0.15) is 9.67 Å². The maximum absolute atomic E-state index is 12.1. The van der Waals surface area contributed by atoms with Gasteiger partial charge in [0.1, 0.15) is 5.75 Å². The van der Waals surface area contributed by atoms with Crippen LogP contribution >= 0.6 is 27.3 Å². The molecule has 0 aliphatic carbocycles. The van der Waals surface area contributed by atoms with Crippen molar-refractivity contribution in [3.63, 3.8) is 0 Å². The number of sulfonamides is 1. The average molecular weight is 391 g/mol. The monoisotopic (exact) mass is 390 g/mol. The number of hydrogen-bond acceptors (Lipinski definition) is 5. The molecule has 0 spiro atoms. The predicted molar refractivity (Wildman–Crippen MR) is 82.8 cm³/mol. The van der Waals surface area contributed by atoms with E-state index < -0.39 is 15.9 Å². The summed E-state index contributed by atoms with van der Waals surface area (Å²) in [7, 11) is -2.38. The maximum atomic E-state index is 12.1. The first-order chi connectivity index (χ1) is 9.94. The van der Waals surface area contributed by atoms with Crippen molar-refractivity contribution in [1.29, 1.82) is 0 Å². The zero-order valence-corrected chi connectivity index (χ0v) is 14.0. The first-order valence-electron chi connectivity index (χ1n) is 5.63. The van der Waals surface area contributed by atoms with Gasteiger partial charge in [0.15, 0.2) is 0 Å². The highest BCUT2D eigenvalue weighted by atomic mass is 79.9. The number of hydrogen-bond donors (Lipinski definition) is 2. The molecule has 0 radical (unpaired) electrons. The molecule has 1 aromatic carbocycles. The highest BCUT2D eigenvalue weighted by Gasteiger charge is 2.17. The van der Waals surface area contributed by atoms with Gasteiger partial charge in [-0.3, -0.25) is 10.2 Å². The largest absolute Gasteiger partial charge is 0.496 e. The third-order valence-electron chi connectivity index (χ3n) is 2.48. The van der Waals surface area contributed by atoms with Gasteiger partial charge in [0.25, 0.3) is 15.9 Å². The third kappa shape index (κ3) is 3.82. The lowest BCUT2D eigenvalue weighted by Gasteiger charge is -2.09. The van der Waals surface area contributed by atoms with Crippen molar-refractivity contribution in [3.05, 3.63) is 45.1 Å². The second-order valence-electron chi connectivity index (χ2n) is 3.83. The molecule has 9 heteroatoms. The first kappa shape index (κ1) is 16.0. The van der Waals surface area contributed by atoms with E-state index in [0.717, 1.165) is 0 Å². The fourth-order valence-electron chi connectivity index (χ4n) is 1.46. The van der Waals surface area contributed by atoms with Crippen LogP contribution in [0.5, 0.6) is 5.75 Å². The number of amides is 1. The zero-order valence-electron chi connectivity index (χ0n) is 10.8. The van der Waals surface area contributed by atoms with Gasteiger partial charge in [-0.2, -0.15) is 0 Å². The summed E-state index contributed by atoms with van der Waals surface area (Å²) >= 11 is 4.42. The molecule has 0 aliphatic rings.